The number of hydrogen-bond donors (Lipinski definition) is 1. The standard InChI is InChI=1S/C13H18ClNO2/c1-3-4-9-15(2)13(17)12(16)10-5-7-11(14)8-6-10/h5-8,12,16H,3-4,9H2,1-2H3. The van der Waals surface area contributed by atoms with E-state index in [9.17, 15) is 9.90 Å². The van der Waals surface area contributed by atoms with Crippen LogP contribution in [0.2, 0.25) is 5.02 Å². The molecule has 3 nitrogen and oxygen atoms in total. The second-order valence-electron chi connectivity index (χ2n) is 4.07. The molecule has 0 saturated heterocycles. The van der Waals surface area contributed by atoms with E-state index in [-0.39, 0.29) is 5.91 Å². The van der Waals surface area contributed by atoms with E-state index in [1.54, 1.807) is 36.2 Å². The molecule has 1 aromatic rings. The van der Waals surface area contributed by atoms with Crippen molar-refractivity contribution in [2.45, 2.75) is 25.9 Å². The van der Waals surface area contributed by atoms with Crippen molar-refractivity contribution < 1.29 is 9.90 Å². The van der Waals surface area contributed by atoms with Crippen molar-refractivity contribution in [1.29, 1.82) is 0 Å². The third kappa shape index (κ3) is 4.02. The first kappa shape index (κ1) is 14.0. The van der Waals surface area contributed by atoms with Crippen molar-refractivity contribution >= 4 is 17.5 Å². The number of hydrogen-bond acceptors (Lipinski definition) is 2. The summed E-state index contributed by atoms with van der Waals surface area (Å²) in [6.07, 6.45) is 0.860. The van der Waals surface area contributed by atoms with E-state index in [1.807, 2.05) is 0 Å². The molecule has 0 saturated carbocycles. The maximum Gasteiger partial charge on any atom is 0.255 e. The molecule has 17 heavy (non-hydrogen) atoms. The third-order valence-corrected chi connectivity index (χ3v) is 2.89. The molecule has 0 fully saturated rings. The highest BCUT2D eigenvalue weighted by atomic mass is 35.5. The summed E-state index contributed by atoms with van der Waals surface area (Å²) in [4.78, 5) is 13.4. The van der Waals surface area contributed by atoms with Gasteiger partial charge in [0.25, 0.3) is 5.91 Å². The van der Waals surface area contributed by atoms with Crippen LogP contribution in [0.25, 0.3) is 0 Å². The number of aliphatic hydroxyl groups excluding tert-OH is 1. The second-order valence-corrected chi connectivity index (χ2v) is 4.50. The van der Waals surface area contributed by atoms with Gasteiger partial charge in [0.2, 0.25) is 0 Å². The molecule has 0 spiro atoms. The largest absolute Gasteiger partial charge is 0.378 e. The van der Waals surface area contributed by atoms with Gasteiger partial charge >= 0.3 is 0 Å². The zero-order valence-corrected chi connectivity index (χ0v) is 10.9. The molecule has 0 radical (unpaired) electrons. The number of benzene rings is 1. The van der Waals surface area contributed by atoms with Crippen LogP contribution >= 0.6 is 11.6 Å². The average molecular weight is 256 g/mol. The van der Waals surface area contributed by atoms with Crippen LogP contribution in [0.15, 0.2) is 24.3 Å². The number of nitrogens with zero attached hydrogens (tertiary/aromatic N) is 1. The Morgan fingerprint density at radius 2 is 2.00 bits per heavy atom. The van der Waals surface area contributed by atoms with Gasteiger partial charge in [0, 0.05) is 18.6 Å². The highest BCUT2D eigenvalue weighted by molar-refractivity contribution is 6.30. The number of amides is 1. The summed E-state index contributed by atoms with van der Waals surface area (Å²) >= 11 is 5.75. The van der Waals surface area contributed by atoms with Gasteiger partial charge in [-0.3, -0.25) is 4.79 Å². The van der Waals surface area contributed by atoms with Crippen LogP contribution in [0.3, 0.4) is 0 Å². The summed E-state index contributed by atoms with van der Waals surface area (Å²) in [6.45, 7) is 2.73. The molecular formula is C13H18ClNO2. The lowest BCUT2D eigenvalue weighted by Gasteiger charge is -2.20. The fraction of sp³-hybridized carbons (Fsp3) is 0.462. The molecule has 4 heteroatoms. The molecule has 1 atom stereocenters. The van der Waals surface area contributed by atoms with Crippen LogP contribution in [0.1, 0.15) is 31.4 Å². The van der Waals surface area contributed by atoms with Crippen molar-refractivity contribution in [3.63, 3.8) is 0 Å². The molecule has 1 rings (SSSR count). The lowest BCUT2D eigenvalue weighted by atomic mass is 10.1. The summed E-state index contributed by atoms with van der Waals surface area (Å²) in [5.74, 6) is -0.277. The van der Waals surface area contributed by atoms with Crippen LogP contribution in [-0.4, -0.2) is 29.5 Å². The van der Waals surface area contributed by atoms with Crippen LogP contribution in [0, 0.1) is 0 Å². The normalized spacial score (nSPS) is 12.2. The molecule has 0 aliphatic rings. The predicted molar refractivity (Wildman–Crippen MR) is 69.0 cm³/mol. The molecule has 1 unspecified atom stereocenters. The van der Waals surface area contributed by atoms with Gasteiger partial charge in [-0.05, 0) is 24.1 Å². The Morgan fingerprint density at radius 1 is 1.41 bits per heavy atom. The van der Waals surface area contributed by atoms with E-state index >= 15 is 0 Å². The molecule has 1 aromatic carbocycles. The molecule has 0 aromatic heterocycles. The SMILES string of the molecule is CCCCN(C)C(=O)C(O)c1ccc(Cl)cc1. The molecular weight excluding hydrogens is 238 g/mol. The molecule has 0 aliphatic heterocycles. The lowest BCUT2D eigenvalue weighted by Crippen LogP contribution is -2.32. The fourth-order valence-corrected chi connectivity index (χ4v) is 1.63. The molecule has 1 amide bonds. The zero-order valence-electron chi connectivity index (χ0n) is 10.2. The summed E-state index contributed by atoms with van der Waals surface area (Å²) in [5.41, 5.74) is 0.572. The van der Waals surface area contributed by atoms with Gasteiger partial charge in [0.15, 0.2) is 6.10 Å². The van der Waals surface area contributed by atoms with Crippen LogP contribution in [-0.2, 0) is 4.79 Å². The predicted octanol–water partition coefficient (Wildman–Crippen LogP) is 2.63. The maximum absolute atomic E-state index is 11.9. The Bertz CT molecular complexity index is 364. The number of unbranched alkanes of at least 4 members (excludes halogenated alkanes) is 1. The van der Waals surface area contributed by atoms with Gasteiger partial charge in [-0.15, -0.1) is 0 Å². The van der Waals surface area contributed by atoms with Crippen molar-refractivity contribution in [3.8, 4) is 0 Å². The van der Waals surface area contributed by atoms with Gasteiger partial charge in [-0.1, -0.05) is 37.1 Å². The molecule has 1 N–H and O–H groups in total. The van der Waals surface area contributed by atoms with Gasteiger partial charge in [-0.25, -0.2) is 0 Å². The lowest BCUT2D eigenvalue weighted by molar-refractivity contribution is -0.139. The number of carbonyl (C=O) groups excluding carboxylic acids is 1. The van der Waals surface area contributed by atoms with Crippen molar-refractivity contribution in [2.75, 3.05) is 13.6 Å². The average Bonchev–Trinajstić information content (AvgIpc) is 2.35. The zero-order chi connectivity index (χ0) is 12.8. The quantitative estimate of drug-likeness (QED) is 0.879. The summed E-state index contributed by atoms with van der Waals surface area (Å²) in [6, 6.07) is 6.66. The minimum atomic E-state index is -1.10. The van der Waals surface area contributed by atoms with E-state index in [4.69, 9.17) is 11.6 Å². The number of carbonyl (C=O) groups is 1. The first-order valence-electron chi connectivity index (χ1n) is 5.74. The molecule has 94 valence electrons. The Balaban J connectivity index is 2.65. The van der Waals surface area contributed by atoms with Crippen molar-refractivity contribution in [1.82, 2.24) is 4.90 Å². The van der Waals surface area contributed by atoms with Crippen LogP contribution < -0.4 is 0 Å². The van der Waals surface area contributed by atoms with Crippen molar-refractivity contribution in [3.05, 3.63) is 34.9 Å². The Labute approximate surface area is 107 Å². The highest BCUT2D eigenvalue weighted by Crippen LogP contribution is 2.18. The Hall–Kier alpha value is -1.06. The number of halogens is 1. The van der Waals surface area contributed by atoms with Crippen molar-refractivity contribution in [2.24, 2.45) is 0 Å². The monoisotopic (exact) mass is 255 g/mol. The third-order valence-electron chi connectivity index (χ3n) is 2.64. The molecule has 0 heterocycles. The van der Waals surface area contributed by atoms with Gasteiger partial charge in [0.05, 0.1) is 0 Å². The highest BCUT2D eigenvalue weighted by Gasteiger charge is 2.20. The van der Waals surface area contributed by atoms with E-state index in [2.05, 4.69) is 6.92 Å². The van der Waals surface area contributed by atoms with E-state index < -0.39 is 6.10 Å². The second kappa shape index (κ2) is 6.62. The Morgan fingerprint density at radius 3 is 2.53 bits per heavy atom. The smallest absolute Gasteiger partial charge is 0.255 e. The van der Waals surface area contributed by atoms with E-state index in [0.29, 0.717) is 17.1 Å². The fourth-order valence-electron chi connectivity index (χ4n) is 1.50. The summed E-state index contributed by atoms with van der Waals surface area (Å²) < 4.78 is 0. The molecule has 0 aliphatic carbocycles. The molecule has 0 bridgehead atoms. The first-order valence-corrected chi connectivity index (χ1v) is 6.12. The maximum atomic E-state index is 11.9. The minimum Gasteiger partial charge on any atom is -0.378 e. The Kier molecular flexibility index (Phi) is 5.45. The van der Waals surface area contributed by atoms with Crippen LogP contribution in [0.4, 0.5) is 0 Å². The van der Waals surface area contributed by atoms with Gasteiger partial charge in [-0.2, -0.15) is 0 Å². The number of aliphatic hydroxyl groups is 1. The summed E-state index contributed by atoms with van der Waals surface area (Å²) in [7, 11) is 1.71. The number of rotatable bonds is 5. The first-order chi connectivity index (χ1) is 8.06. The number of likely N-dealkylation sites (N-methyl/N-ethyl adjacent to an activating group) is 1. The van der Waals surface area contributed by atoms with Gasteiger partial charge in [0.1, 0.15) is 0 Å². The minimum absolute atomic E-state index is 0.277. The van der Waals surface area contributed by atoms with Crippen LogP contribution in [0.5, 0.6) is 0 Å². The summed E-state index contributed by atoms with van der Waals surface area (Å²) in [5, 5.41) is 10.5. The topological polar surface area (TPSA) is 40.5 Å². The van der Waals surface area contributed by atoms with E-state index in [0.717, 1.165) is 12.8 Å². The van der Waals surface area contributed by atoms with Gasteiger partial charge < -0.3 is 10.0 Å². The van der Waals surface area contributed by atoms with E-state index in [1.165, 1.54) is 0 Å².